The maximum absolute atomic E-state index is 13.1. The predicted octanol–water partition coefficient (Wildman–Crippen LogP) is 2.17. The van der Waals surface area contributed by atoms with Gasteiger partial charge in [0.1, 0.15) is 11.2 Å². The van der Waals surface area contributed by atoms with E-state index in [2.05, 4.69) is 15.7 Å². The number of nitrogens with one attached hydrogen (secondary N) is 2. The van der Waals surface area contributed by atoms with Crippen LogP contribution in [0.5, 0.6) is 0 Å². The van der Waals surface area contributed by atoms with E-state index in [1.165, 1.54) is 6.42 Å². The zero-order chi connectivity index (χ0) is 17.7. The Kier molecular flexibility index (Phi) is 5.75. The van der Waals surface area contributed by atoms with Gasteiger partial charge in [-0.3, -0.25) is 4.79 Å². The van der Waals surface area contributed by atoms with Crippen molar-refractivity contribution in [3.63, 3.8) is 0 Å². The summed E-state index contributed by atoms with van der Waals surface area (Å²) in [6.45, 7) is 1.03. The summed E-state index contributed by atoms with van der Waals surface area (Å²) in [6, 6.07) is 0. The number of hydrogen-bond acceptors (Lipinski definition) is 4. The van der Waals surface area contributed by atoms with E-state index in [-0.39, 0.29) is 24.0 Å². The normalized spacial score (nSPS) is 26.9. The molecule has 8 nitrogen and oxygen atoms in total. The van der Waals surface area contributed by atoms with Crippen LogP contribution in [0.2, 0.25) is 0 Å². The average molecular weight is 352 g/mol. The van der Waals surface area contributed by atoms with E-state index in [1.807, 2.05) is 0 Å². The van der Waals surface area contributed by atoms with Crippen LogP contribution in [-0.4, -0.2) is 36.2 Å². The summed E-state index contributed by atoms with van der Waals surface area (Å²) in [5.74, 6) is 0.185. The molecular formula is C17H28N4O4. The zero-order valence-electron chi connectivity index (χ0n) is 14.7. The lowest BCUT2D eigenvalue weighted by atomic mass is 9.65. The quantitative estimate of drug-likeness (QED) is 0.456. The fraction of sp³-hybridized carbons (Fsp3) is 0.882. The van der Waals surface area contributed by atoms with Gasteiger partial charge in [0.15, 0.2) is 5.03 Å². The van der Waals surface area contributed by atoms with E-state index in [9.17, 15) is 14.9 Å². The Labute approximate surface area is 147 Å². The van der Waals surface area contributed by atoms with E-state index in [4.69, 9.17) is 4.74 Å². The fourth-order valence-corrected chi connectivity index (χ4v) is 4.53. The van der Waals surface area contributed by atoms with Crippen molar-refractivity contribution in [3.05, 3.63) is 10.1 Å². The summed E-state index contributed by atoms with van der Waals surface area (Å²) >= 11 is 0. The smallest absolute Gasteiger partial charge is 0.312 e. The number of ether oxygens (including phenoxy) is 1. The molecule has 0 aromatic rings. The second-order valence-corrected chi connectivity index (χ2v) is 7.53. The highest BCUT2D eigenvalue weighted by molar-refractivity contribution is 5.81. The minimum Gasteiger partial charge on any atom is -0.462 e. The molecule has 3 fully saturated rings. The first kappa shape index (κ1) is 17.9. The molecule has 1 saturated heterocycles. The Morgan fingerprint density at radius 1 is 1.08 bits per heavy atom. The molecule has 25 heavy (non-hydrogen) atoms. The van der Waals surface area contributed by atoms with Gasteiger partial charge in [0.25, 0.3) is 5.96 Å². The molecule has 2 saturated carbocycles. The van der Waals surface area contributed by atoms with Crippen molar-refractivity contribution < 1.29 is 14.6 Å². The maximum Gasteiger partial charge on any atom is 0.312 e. The minimum absolute atomic E-state index is 0.0534. The maximum atomic E-state index is 13.1. The Bertz CT molecular complexity index is 515. The van der Waals surface area contributed by atoms with Crippen molar-refractivity contribution >= 4 is 11.9 Å². The lowest BCUT2D eigenvalue weighted by molar-refractivity contribution is -0.485. The van der Waals surface area contributed by atoms with Crippen molar-refractivity contribution in [2.45, 2.75) is 70.3 Å². The van der Waals surface area contributed by atoms with Crippen LogP contribution in [0.3, 0.4) is 0 Å². The van der Waals surface area contributed by atoms with Gasteiger partial charge in [0.2, 0.25) is 0 Å². The van der Waals surface area contributed by atoms with Gasteiger partial charge in [-0.25, -0.2) is 10.1 Å². The molecule has 0 aromatic carbocycles. The molecule has 0 aromatic heterocycles. The molecule has 0 atom stereocenters. The van der Waals surface area contributed by atoms with Gasteiger partial charge >= 0.3 is 5.97 Å². The van der Waals surface area contributed by atoms with Crippen LogP contribution in [0.4, 0.5) is 0 Å². The summed E-state index contributed by atoms with van der Waals surface area (Å²) in [6.07, 6.45) is 10.4. The van der Waals surface area contributed by atoms with Crippen molar-refractivity contribution in [1.29, 1.82) is 0 Å². The van der Waals surface area contributed by atoms with E-state index in [1.54, 1.807) is 0 Å². The number of carbonyl (C=O) groups is 1. The highest BCUT2D eigenvalue weighted by atomic mass is 16.7. The number of carbonyl (C=O) groups excluding carboxylic acids is 1. The molecule has 3 rings (SSSR count). The molecule has 0 radical (unpaired) electrons. The molecule has 2 N–H and O–H groups in total. The summed E-state index contributed by atoms with van der Waals surface area (Å²) in [5, 5.41) is 19.0. The third-order valence-electron chi connectivity index (χ3n) is 5.97. The standard InChI is InChI=1S/C17H28N4O4/c22-15(25-14-7-3-1-4-8-14)17(9-5-2-6-10-17)13-11-18-16(19-12-13)20-21(23)24/h13-14H,1-12H2,(H2,18,19,20). The number of guanidine groups is 1. The molecule has 1 aliphatic heterocycles. The van der Waals surface area contributed by atoms with E-state index >= 15 is 0 Å². The Hall–Kier alpha value is -1.86. The summed E-state index contributed by atoms with van der Waals surface area (Å²) < 4.78 is 5.95. The summed E-state index contributed by atoms with van der Waals surface area (Å²) in [4.78, 5) is 23.6. The van der Waals surface area contributed by atoms with Gasteiger partial charge in [0, 0.05) is 19.0 Å². The SMILES string of the molecule is O=C(OC1CCCCC1)C1(C2CNC(=N[N+](=O)[O-])NC2)CCCCC1. The molecule has 0 amide bonds. The average Bonchev–Trinajstić information content (AvgIpc) is 2.63. The van der Waals surface area contributed by atoms with Gasteiger partial charge in [-0.05, 0) is 38.5 Å². The summed E-state index contributed by atoms with van der Waals surface area (Å²) in [7, 11) is 0. The first-order valence-electron chi connectivity index (χ1n) is 9.52. The second kappa shape index (κ2) is 8.01. The highest BCUT2D eigenvalue weighted by Gasteiger charge is 2.49. The van der Waals surface area contributed by atoms with Crippen molar-refractivity contribution in [3.8, 4) is 0 Å². The van der Waals surface area contributed by atoms with Crippen LogP contribution in [0.15, 0.2) is 5.10 Å². The highest BCUT2D eigenvalue weighted by Crippen LogP contribution is 2.44. The Morgan fingerprint density at radius 2 is 1.68 bits per heavy atom. The molecule has 1 heterocycles. The van der Waals surface area contributed by atoms with Gasteiger partial charge in [-0.1, -0.05) is 25.7 Å². The third-order valence-corrected chi connectivity index (χ3v) is 5.97. The number of esters is 1. The number of hydrogen-bond donors (Lipinski definition) is 2. The van der Waals surface area contributed by atoms with Crippen LogP contribution in [0.25, 0.3) is 0 Å². The van der Waals surface area contributed by atoms with E-state index in [0.29, 0.717) is 13.1 Å². The first-order chi connectivity index (χ1) is 12.1. The molecule has 0 bridgehead atoms. The predicted molar refractivity (Wildman–Crippen MR) is 92.4 cm³/mol. The van der Waals surface area contributed by atoms with Crippen LogP contribution < -0.4 is 10.6 Å². The van der Waals surface area contributed by atoms with Gasteiger partial charge < -0.3 is 15.4 Å². The number of hydrazone groups is 1. The van der Waals surface area contributed by atoms with Crippen LogP contribution in [0.1, 0.15) is 64.2 Å². The largest absolute Gasteiger partial charge is 0.462 e. The number of nitro groups is 1. The van der Waals surface area contributed by atoms with Crippen LogP contribution in [-0.2, 0) is 9.53 Å². The zero-order valence-corrected chi connectivity index (χ0v) is 14.7. The number of rotatable bonds is 4. The molecule has 8 heteroatoms. The second-order valence-electron chi connectivity index (χ2n) is 7.53. The van der Waals surface area contributed by atoms with Gasteiger partial charge in [0.05, 0.1) is 5.41 Å². The van der Waals surface area contributed by atoms with Crippen molar-refractivity contribution in [2.75, 3.05) is 13.1 Å². The topological polar surface area (TPSA) is 106 Å². The van der Waals surface area contributed by atoms with Crippen molar-refractivity contribution in [1.82, 2.24) is 10.6 Å². The monoisotopic (exact) mass is 352 g/mol. The molecule has 140 valence electrons. The van der Waals surface area contributed by atoms with Crippen LogP contribution >= 0.6 is 0 Å². The lowest BCUT2D eigenvalue weighted by Crippen LogP contribution is -2.57. The van der Waals surface area contributed by atoms with E-state index in [0.717, 1.165) is 57.8 Å². The number of nitrogens with zero attached hydrogens (tertiary/aromatic N) is 2. The lowest BCUT2D eigenvalue weighted by Gasteiger charge is -2.44. The molecule has 0 spiro atoms. The fourth-order valence-electron chi connectivity index (χ4n) is 4.53. The summed E-state index contributed by atoms with van der Waals surface area (Å²) in [5.41, 5.74) is -0.476. The molecule has 0 unspecified atom stereocenters. The van der Waals surface area contributed by atoms with E-state index < -0.39 is 10.4 Å². The Balaban J connectivity index is 1.68. The molecule has 3 aliphatic rings. The first-order valence-corrected chi connectivity index (χ1v) is 9.52. The Morgan fingerprint density at radius 3 is 2.28 bits per heavy atom. The third kappa shape index (κ3) is 4.22. The van der Waals surface area contributed by atoms with Gasteiger partial charge in [-0.15, -0.1) is 0 Å². The molecule has 2 aliphatic carbocycles. The minimum atomic E-state index is -0.719. The molecular weight excluding hydrogens is 324 g/mol. The van der Waals surface area contributed by atoms with Gasteiger partial charge in [-0.2, -0.15) is 0 Å². The van der Waals surface area contributed by atoms with Crippen molar-refractivity contribution in [2.24, 2.45) is 16.4 Å². The van der Waals surface area contributed by atoms with Crippen LogP contribution in [0, 0.1) is 21.4 Å².